The van der Waals surface area contributed by atoms with Gasteiger partial charge >= 0.3 is 0 Å². The van der Waals surface area contributed by atoms with Crippen LogP contribution in [0.2, 0.25) is 0 Å². The van der Waals surface area contributed by atoms with Crippen molar-refractivity contribution in [2.24, 2.45) is 0 Å². The summed E-state index contributed by atoms with van der Waals surface area (Å²) in [6, 6.07) is 3.91. The number of aryl methyl sites for hydroxylation is 3. The lowest BCUT2D eigenvalue weighted by molar-refractivity contribution is 0.521. The van der Waals surface area contributed by atoms with Gasteiger partial charge in [-0.2, -0.15) is 5.10 Å². The summed E-state index contributed by atoms with van der Waals surface area (Å²) in [7, 11) is 0. The normalized spacial score (nSPS) is 12.9. The zero-order valence-corrected chi connectivity index (χ0v) is 13.0. The van der Waals surface area contributed by atoms with Crippen LogP contribution in [-0.2, 0) is 13.1 Å². The summed E-state index contributed by atoms with van der Waals surface area (Å²) in [5.41, 5.74) is 2.99. The molecule has 3 aromatic heterocycles. The van der Waals surface area contributed by atoms with Gasteiger partial charge in [-0.25, -0.2) is 9.97 Å². The number of halogens is 1. The predicted molar refractivity (Wildman–Crippen MR) is 83.4 cm³/mol. The van der Waals surface area contributed by atoms with E-state index < -0.39 is 0 Å². The summed E-state index contributed by atoms with van der Waals surface area (Å²) in [6.45, 7) is 5.70. The second kappa shape index (κ2) is 5.85. The first-order valence-electron chi connectivity index (χ1n) is 7.10. The van der Waals surface area contributed by atoms with Gasteiger partial charge in [0.2, 0.25) is 0 Å². The molecule has 3 rings (SSSR count). The molecule has 110 valence electrons. The smallest absolute Gasteiger partial charge is 0.160 e. The highest BCUT2D eigenvalue weighted by atomic mass is 35.5. The number of pyridine rings is 1. The van der Waals surface area contributed by atoms with Crippen molar-refractivity contribution in [3.63, 3.8) is 0 Å². The Balaban J connectivity index is 1.88. The van der Waals surface area contributed by atoms with Crippen LogP contribution in [0.5, 0.6) is 0 Å². The fraction of sp³-hybridized carbons (Fsp3) is 0.400. The van der Waals surface area contributed by atoms with Gasteiger partial charge in [0.05, 0.1) is 5.38 Å². The fourth-order valence-corrected chi connectivity index (χ4v) is 2.67. The highest BCUT2D eigenvalue weighted by Gasteiger charge is 2.16. The molecular formula is C15H18ClN5. The van der Waals surface area contributed by atoms with E-state index in [1.165, 1.54) is 0 Å². The van der Waals surface area contributed by atoms with Crippen molar-refractivity contribution in [2.75, 3.05) is 0 Å². The number of imidazole rings is 1. The van der Waals surface area contributed by atoms with Crippen LogP contribution in [0.25, 0.3) is 11.2 Å². The van der Waals surface area contributed by atoms with E-state index in [2.05, 4.69) is 19.6 Å². The van der Waals surface area contributed by atoms with Gasteiger partial charge in [0.25, 0.3) is 0 Å². The molecule has 0 fully saturated rings. The second-order valence-corrected chi connectivity index (χ2v) is 5.82. The maximum Gasteiger partial charge on any atom is 0.160 e. The number of alkyl halides is 1. The van der Waals surface area contributed by atoms with E-state index in [0.29, 0.717) is 0 Å². The molecule has 0 saturated heterocycles. The number of nitrogens with zero attached hydrogens (tertiary/aromatic N) is 5. The van der Waals surface area contributed by atoms with Crippen LogP contribution >= 0.6 is 11.6 Å². The number of rotatable bonds is 5. The second-order valence-electron chi connectivity index (χ2n) is 5.16. The molecule has 0 N–H and O–H groups in total. The van der Waals surface area contributed by atoms with E-state index in [9.17, 15) is 0 Å². The molecule has 0 aliphatic carbocycles. The van der Waals surface area contributed by atoms with Gasteiger partial charge < -0.3 is 4.57 Å². The summed E-state index contributed by atoms with van der Waals surface area (Å²) in [5.74, 6) is 0.883. The lowest BCUT2D eigenvalue weighted by Gasteiger charge is -2.10. The zero-order valence-electron chi connectivity index (χ0n) is 12.2. The number of fused-ring (bicyclic) bond motifs is 1. The molecule has 3 aromatic rings. The molecule has 5 nitrogen and oxygen atoms in total. The van der Waals surface area contributed by atoms with Crippen LogP contribution in [0.3, 0.4) is 0 Å². The van der Waals surface area contributed by atoms with E-state index in [1.807, 2.05) is 43.1 Å². The maximum absolute atomic E-state index is 6.28. The molecule has 0 aromatic carbocycles. The first kappa shape index (κ1) is 14.1. The van der Waals surface area contributed by atoms with Crippen LogP contribution < -0.4 is 0 Å². The molecule has 0 aliphatic rings. The quantitative estimate of drug-likeness (QED) is 0.679. The van der Waals surface area contributed by atoms with Gasteiger partial charge in [-0.1, -0.05) is 0 Å². The Labute approximate surface area is 128 Å². The lowest BCUT2D eigenvalue weighted by atomic mass is 10.3. The van der Waals surface area contributed by atoms with Gasteiger partial charge in [-0.15, -0.1) is 11.6 Å². The van der Waals surface area contributed by atoms with E-state index in [-0.39, 0.29) is 5.38 Å². The van der Waals surface area contributed by atoms with E-state index in [1.54, 1.807) is 6.20 Å². The average Bonchev–Trinajstić information content (AvgIpc) is 3.08. The number of hydrogen-bond donors (Lipinski definition) is 0. The molecular weight excluding hydrogens is 286 g/mol. The van der Waals surface area contributed by atoms with Crippen LogP contribution in [-0.4, -0.2) is 24.3 Å². The van der Waals surface area contributed by atoms with Crippen molar-refractivity contribution in [1.29, 1.82) is 0 Å². The van der Waals surface area contributed by atoms with Gasteiger partial charge in [-0.05, 0) is 38.0 Å². The highest BCUT2D eigenvalue weighted by molar-refractivity contribution is 6.20. The minimum absolute atomic E-state index is 0.136. The number of hydrogen-bond acceptors (Lipinski definition) is 3. The molecule has 1 atom stereocenters. The third-order valence-electron chi connectivity index (χ3n) is 3.55. The molecule has 3 heterocycles. The molecule has 21 heavy (non-hydrogen) atoms. The third-order valence-corrected chi connectivity index (χ3v) is 3.74. The highest BCUT2D eigenvalue weighted by Crippen LogP contribution is 2.25. The molecule has 1 unspecified atom stereocenters. The summed E-state index contributed by atoms with van der Waals surface area (Å²) in [6.07, 6.45) is 6.55. The fourth-order valence-electron chi connectivity index (χ4n) is 2.50. The molecule has 0 radical (unpaired) electrons. The Hall–Kier alpha value is -1.88. The number of aromatic nitrogens is 5. The molecule has 0 spiro atoms. The molecule has 0 aliphatic heterocycles. The van der Waals surface area contributed by atoms with Crippen LogP contribution in [0.1, 0.15) is 30.1 Å². The zero-order chi connectivity index (χ0) is 14.8. The Morgan fingerprint density at radius 1 is 1.29 bits per heavy atom. The summed E-state index contributed by atoms with van der Waals surface area (Å²) >= 11 is 6.28. The Morgan fingerprint density at radius 3 is 2.86 bits per heavy atom. The Bertz CT molecular complexity index is 730. The van der Waals surface area contributed by atoms with Gasteiger partial charge in [0.1, 0.15) is 11.3 Å². The Kier molecular flexibility index (Phi) is 3.92. The van der Waals surface area contributed by atoms with Gasteiger partial charge in [-0.3, -0.25) is 4.68 Å². The van der Waals surface area contributed by atoms with Crippen molar-refractivity contribution >= 4 is 22.8 Å². The van der Waals surface area contributed by atoms with Crippen molar-refractivity contribution in [3.8, 4) is 0 Å². The third kappa shape index (κ3) is 2.78. The van der Waals surface area contributed by atoms with Crippen molar-refractivity contribution in [2.45, 2.75) is 38.7 Å². The largest absolute Gasteiger partial charge is 0.311 e. The first-order valence-corrected chi connectivity index (χ1v) is 7.53. The van der Waals surface area contributed by atoms with Crippen molar-refractivity contribution in [3.05, 3.63) is 42.1 Å². The van der Waals surface area contributed by atoms with Crippen molar-refractivity contribution < 1.29 is 0 Å². The molecule has 0 amide bonds. The van der Waals surface area contributed by atoms with E-state index >= 15 is 0 Å². The molecule has 0 bridgehead atoms. The van der Waals surface area contributed by atoms with Crippen molar-refractivity contribution in [1.82, 2.24) is 24.3 Å². The predicted octanol–water partition coefficient (Wildman–Crippen LogP) is 3.33. The minimum atomic E-state index is -0.136. The summed E-state index contributed by atoms with van der Waals surface area (Å²) < 4.78 is 4.06. The Morgan fingerprint density at radius 2 is 2.14 bits per heavy atom. The SMILES string of the molecule is Cc1ccnc2c1nc(C(C)Cl)n2CCCn1cccn1. The summed E-state index contributed by atoms with van der Waals surface area (Å²) in [4.78, 5) is 9.15. The first-order chi connectivity index (χ1) is 10.2. The standard InChI is InChI=1S/C15H18ClN5/c1-11-5-7-17-15-13(11)19-14(12(2)16)21(15)10-4-9-20-8-3-6-18-20/h3,5-8,12H,4,9-10H2,1-2H3. The molecule has 6 heteroatoms. The van der Waals surface area contributed by atoms with E-state index in [0.717, 1.165) is 42.1 Å². The van der Waals surface area contributed by atoms with Crippen LogP contribution in [0.15, 0.2) is 30.7 Å². The minimum Gasteiger partial charge on any atom is -0.311 e. The topological polar surface area (TPSA) is 48.5 Å². The maximum atomic E-state index is 6.28. The summed E-state index contributed by atoms with van der Waals surface area (Å²) in [5, 5.41) is 4.08. The van der Waals surface area contributed by atoms with Gasteiger partial charge in [0.15, 0.2) is 5.65 Å². The van der Waals surface area contributed by atoms with Gasteiger partial charge in [0, 0.05) is 31.7 Å². The van der Waals surface area contributed by atoms with Crippen LogP contribution in [0.4, 0.5) is 0 Å². The molecule has 0 saturated carbocycles. The van der Waals surface area contributed by atoms with E-state index in [4.69, 9.17) is 11.6 Å². The monoisotopic (exact) mass is 303 g/mol. The average molecular weight is 304 g/mol. The lowest BCUT2D eigenvalue weighted by Crippen LogP contribution is -2.08. The van der Waals surface area contributed by atoms with Crippen LogP contribution in [0, 0.1) is 6.92 Å².